The van der Waals surface area contributed by atoms with Gasteiger partial charge in [0.15, 0.2) is 0 Å². The Kier molecular flexibility index (Phi) is 7.57. The molecule has 0 aliphatic carbocycles. The molecular weight excluding hydrogens is 589 g/mol. The number of aromatic nitrogens is 4. The molecule has 0 bridgehead atoms. The number of tetrazole rings is 1. The maximum atomic E-state index is 13.8. The van der Waals surface area contributed by atoms with Gasteiger partial charge < -0.3 is 4.90 Å². The number of benzene rings is 4. The third kappa shape index (κ3) is 6.57. The van der Waals surface area contributed by atoms with E-state index in [4.69, 9.17) is 0 Å². The van der Waals surface area contributed by atoms with Crippen molar-refractivity contribution in [1.82, 2.24) is 20.2 Å². The van der Waals surface area contributed by atoms with E-state index in [2.05, 4.69) is 15.4 Å². The lowest BCUT2D eigenvalue weighted by atomic mass is 9.93. The molecule has 0 aliphatic rings. The first-order valence-electron chi connectivity index (χ1n) is 12.5. The monoisotopic (exact) mass is 609 g/mol. The third-order valence-corrected chi connectivity index (χ3v) is 6.68. The molecule has 0 aliphatic heterocycles. The molecule has 43 heavy (non-hydrogen) atoms. The molecule has 5 nitrogen and oxygen atoms in total. The number of hydrogen-bond donors (Lipinski definition) is 0. The molecule has 1 heterocycles. The first kappa shape index (κ1) is 29.9. The average Bonchev–Trinajstić information content (AvgIpc) is 3.37. The van der Waals surface area contributed by atoms with Gasteiger partial charge in [0.25, 0.3) is 5.95 Å². The summed E-state index contributed by atoms with van der Waals surface area (Å²) in [5.41, 5.74) is -3.42. The second kappa shape index (κ2) is 10.9. The number of alkyl halides is 9. The summed E-state index contributed by atoms with van der Waals surface area (Å²) in [4.78, 5) is 2.18. The van der Waals surface area contributed by atoms with Crippen molar-refractivity contribution < 1.29 is 39.5 Å². The van der Waals surface area contributed by atoms with E-state index in [0.29, 0.717) is 23.3 Å². The van der Waals surface area contributed by atoms with Crippen LogP contribution in [0.25, 0.3) is 21.9 Å². The number of anilines is 1. The predicted molar refractivity (Wildman–Crippen MR) is 140 cm³/mol. The molecule has 0 amide bonds. The molecule has 0 unspecified atom stereocenters. The summed E-state index contributed by atoms with van der Waals surface area (Å²) < 4.78 is 123. The number of aryl methyl sites for hydroxylation is 1. The van der Waals surface area contributed by atoms with Crippen LogP contribution < -0.4 is 4.90 Å². The smallest absolute Gasteiger partial charge is 0.330 e. The summed E-state index contributed by atoms with van der Waals surface area (Å²) in [6, 6.07) is 16.6. The van der Waals surface area contributed by atoms with Gasteiger partial charge in [-0.25, -0.2) is 0 Å². The zero-order valence-electron chi connectivity index (χ0n) is 22.1. The van der Waals surface area contributed by atoms with E-state index >= 15 is 0 Å². The van der Waals surface area contributed by atoms with Crippen molar-refractivity contribution in [3.63, 3.8) is 0 Å². The average molecular weight is 609 g/mol. The van der Waals surface area contributed by atoms with Crippen molar-refractivity contribution in [3.05, 3.63) is 107 Å². The van der Waals surface area contributed by atoms with Crippen LogP contribution in [0.15, 0.2) is 78.9 Å². The first-order chi connectivity index (χ1) is 20.1. The highest BCUT2D eigenvalue weighted by Gasteiger charge is 2.37. The Hall–Kier alpha value is -4.62. The fraction of sp³-hybridized carbons (Fsp3) is 0.207. The highest BCUT2D eigenvalue weighted by Crippen LogP contribution is 2.39. The van der Waals surface area contributed by atoms with Crippen molar-refractivity contribution >= 4 is 16.7 Å². The lowest BCUT2D eigenvalue weighted by Gasteiger charge is -2.24. The van der Waals surface area contributed by atoms with E-state index in [-0.39, 0.29) is 17.6 Å². The molecule has 224 valence electrons. The van der Waals surface area contributed by atoms with Crippen LogP contribution in [-0.2, 0) is 38.7 Å². The third-order valence-electron chi connectivity index (χ3n) is 6.68. The van der Waals surface area contributed by atoms with Gasteiger partial charge >= 0.3 is 18.5 Å². The van der Waals surface area contributed by atoms with E-state index < -0.39 is 53.9 Å². The summed E-state index contributed by atoms with van der Waals surface area (Å²) in [7, 11) is 1.38. The van der Waals surface area contributed by atoms with Crippen LogP contribution in [0.5, 0.6) is 0 Å². The van der Waals surface area contributed by atoms with Crippen LogP contribution in [-0.4, -0.2) is 20.2 Å². The van der Waals surface area contributed by atoms with Crippen LogP contribution in [0.3, 0.4) is 0 Å². The molecule has 0 radical (unpaired) electrons. The summed E-state index contributed by atoms with van der Waals surface area (Å²) >= 11 is 0. The van der Waals surface area contributed by atoms with Crippen molar-refractivity contribution in [2.75, 3.05) is 4.90 Å². The first-order valence-corrected chi connectivity index (χ1v) is 12.5. The standard InChI is InChI=1S/C29H20F9N5/c1-42-40-26(39-41-42)43(15-17-11-21(28(33,34)35)14-22(12-17)29(36,37)38)16-19-13-20(27(30,31)32)9-10-24(19)25-8-4-6-18-5-2-3-7-23(18)25/h2-14H,15-16H2,1H3. The molecule has 5 aromatic rings. The zero-order valence-corrected chi connectivity index (χ0v) is 22.1. The maximum Gasteiger partial charge on any atom is 0.416 e. The summed E-state index contributed by atoms with van der Waals surface area (Å²) in [5.74, 6) is -0.213. The predicted octanol–water partition coefficient (Wildman–Crippen LogP) is 8.29. The van der Waals surface area contributed by atoms with Crippen molar-refractivity contribution in [3.8, 4) is 11.1 Å². The Balaban J connectivity index is 1.66. The highest BCUT2D eigenvalue weighted by atomic mass is 19.4. The number of halogens is 9. The number of nitrogens with zero attached hydrogens (tertiary/aromatic N) is 5. The Morgan fingerprint density at radius 2 is 1.28 bits per heavy atom. The SMILES string of the molecule is Cn1nnc(N(Cc2cc(C(F)(F)F)cc(C(F)(F)F)c2)Cc2cc(C(F)(F)F)ccc2-c2cccc3ccccc23)n1. The number of hydrogen-bond acceptors (Lipinski definition) is 4. The maximum absolute atomic E-state index is 13.8. The minimum atomic E-state index is -5.09. The van der Waals surface area contributed by atoms with Crippen molar-refractivity contribution in [2.45, 2.75) is 31.6 Å². The van der Waals surface area contributed by atoms with Crippen LogP contribution >= 0.6 is 0 Å². The normalized spacial score (nSPS) is 12.6. The van der Waals surface area contributed by atoms with Crippen LogP contribution in [0.2, 0.25) is 0 Å². The Morgan fingerprint density at radius 1 is 0.651 bits per heavy atom. The Morgan fingerprint density at radius 3 is 1.88 bits per heavy atom. The van der Waals surface area contributed by atoms with Crippen molar-refractivity contribution in [1.29, 1.82) is 0 Å². The van der Waals surface area contributed by atoms with E-state index in [1.807, 2.05) is 12.1 Å². The zero-order chi connectivity index (χ0) is 31.2. The van der Waals surface area contributed by atoms with E-state index in [9.17, 15) is 39.5 Å². The quantitative estimate of drug-likeness (QED) is 0.182. The fourth-order valence-electron chi connectivity index (χ4n) is 4.76. The molecule has 0 fully saturated rings. The minimum absolute atomic E-state index is 0.000164. The molecule has 1 aromatic heterocycles. The minimum Gasteiger partial charge on any atom is -0.330 e. The second-order valence-corrected chi connectivity index (χ2v) is 9.75. The van der Waals surface area contributed by atoms with Gasteiger partial charge in [-0.15, -0.1) is 5.10 Å². The van der Waals surface area contributed by atoms with E-state index in [1.54, 1.807) is 30.3 Å². The largest absolute Gasteiger partial charge is 0.416 e. The summed E-state index contributed by atoms with van der Waals surface area (Å²) in [5, 5.41) is 13.1. The summed E-state index contributed by atoms with van der Waals surface area (Å²) in [6.07, 6.45) is -14.9. The second-order valence-electron chi connectivity index (χ2n) is 9.75. The molecular formula is C29H20F9N5. The molecule has 0 spiro atoms. The molecule has 4 aromatic carbocycles. The van der Waals surface area contributed by atoms with Gasteiger partial charge in [-0.1, -0.05) is 53.6 Å². The van der Waals surface area contributed by atoms with Gasteiger partial charge in [-0.05, 0) is 68.6 Å². The molecule has 14 heteroatoms. The lowest BCUT2D eigenvalue weighted by molar-refractivity contribution is -0.143. The van der Waals surface area contributed by atoms with Gasteiger partial charge in [0.2, 0.25) is 0 Å². The molecule has 0 N–H and O–H groups in total. The van der Waals surface area contributed by atoms with Gasteiger partial charge in [-0.2, -0.15) is 44.3 Å². The fourth-order valence-corrected chi connectivity index (χ4v) is 4.76. The van der Waals surface area contributed by atoms with Crippen LogP contribution in [0, 0.1) is 0 Å². The van der Waals surface area contributed by atoms with Crippen molar-refractivity contribution in [2.24, 2.45) is 7.05 Å². The van der Waals surface area contributed by atoms with Crippen LogP contribution in [0.1, 0.15) is 27.8 Å². The summed E-state index contributed by atoms with van der Waals surface area (Å²) in [6.45, 7) is -1.02. The topological polar surface area (TPSA) is 46.8 Å². The molecule has 5 rings (SSSR count). The number of fused-ring (bicyclic) bond motifs is 1. The van der Waals surface area contributed by atoms with E-state index in [0.717, 1.165) is 27.7 Å². The van der Waals surface area contributed by atoms with Gasteiger partial charge in [0, 0.05) is 13.1 Å². The molecule has 0 atom stereocenters. The van der Waals surface area contributed by atoms with Crippen LogP contribution in [0.4, 0.5) is 45.5 Å². The van der Waals surface area contributed by atoms with Gasteiger partial charge in [-0.3, -0.25) is 0 Å². The highest BCUT2D eigenvalue weighted by molar-refractivity contribution is 5.97. The van der Waals surface area contributed by atoms with E-state index in [1.165, 1.54) is 18.0 Å². The van der Waals surface area contributed by atoms with Gasteiger partial charge in [0.1, 0.15) is 0 Å². The Bertz CT molecular complexity index is 1730. The molecule has 0 saturated carbocycles. The number of rotatable bonds is 6. The lowest BCUT2D eigenvalue weighted by Crippen LogP contribution is -2.25. The Labute approximate surface area is 238 Å². The molecule has 0 saturated heterocycles. The van der Waals surface area contributed by atoms with Gasteiger partial charge in [0.05, 0.1) is 23.7 Å².